The van der Waals surface area contributed by atoms with Gasteiger partial charge in [-0.3, -0.25) is 9.97 Å². The Kier molecular flexibility index (Phi) is 11.6. The standard InChI is InChI=1S/C6H6N2O3.2C6H5NO2.Al/c1-4-2-7-5(6(9)10)3-8(4)11;2*8-6(9)5-2-1-3-7-4-5;/h2-3H,1H3,(H,9,10);2*1-4H,(H,8,9);/q;;;+3. The molecular weight excluding hydrogens is 411 g/mol. The van der Waals surface area contributed by atoms with E-state index < -0.39 is 17.9 Å². The molecule has 3 rings (SSSR count). The molecule has 0 bridgehead atoms. The van der Waals surface area contributed by atoms with E-state index in [0.717, 1.165) is 6.20 Å². The van der Waals surface area contributed by atoms with E-state index in [0.29, 0.717) is 10.4 Å². The Morgan fingerprint density at radius 1 is 0.867 bits per heavy atom. The van der Waals surface area contributed by atoms with Crippen LogP contribution >= 0.6 is 0 Å². The van der Waals surface area contributed by atoms with Gasteiger partial charge in [-0.25, -0.2) is 19.4 Å². The zero-order valence-corrected chi connectivity index (χ0v) is 16.8. The molecule has 0 unspecified atom stereocenters. The van der Waals surface area contributed by atoms with Crippen LogP contribution in [0.3, 0.4) is 0 Å². The molecule has 0 saturated carbocycles. The second kappa shape index (κ2) is 13.3. The molecule has 3 N–H and O–H groups in total. The van der Waals surface area contributed by atoms with E-state index in [-0.39, 0.29) is 34.2 Å². The first kappa shape index (κ1) is 26.1. The number of hydrogen-bond donors (Lipinski definition) is 3. The van der Waals surface area contributed by atoms with E-state index in [1.807, 2.05) is 0 Å². The minimum atomic E-state index is -1.20. The first-order valence-electron chi connectivity index (χ1n) is 7.78. The maximum atomic E-state index is 10.8. The molecule has 3 heterocycles. The average molecular weight is 427 g/mol. The summed E-state index contributed by atoms with van der Waals surface area (Å²) in [7, 11) is 0. The summed E-state index contributed by atoms with van der Waals surface area (Å²) in [4.78, 5) is 41.3. The summed E-state index contributed by atoms with van der Waals surface area (Å²) in [6.45, 7) is 1.55. The number of aromatic nitrogens is 4. The molecule has 0 amide bonds. The fourth-order valence-electron chi connectivity index (χ4n) is 1.56. The van der Waals surface area contributed by atoms with Gasteiger partial charge in [-0.15, -0.1) is 0 Å². The Bertz CT molecular complexity index is 923. The van der Waals surface area contributed by atoms with Crippen LogP contribution in [0.4, 0.5) is 0 Å². The van der Waals surface area contributed by atoms with Crippen LogP contribution in [-0.2, 0) is 0 Å². The van der Waals surface area contributed by atoms with E-state index in [9.17, 15) is 19.6 Å². The Hall–Kier alpha value is -3.88. The molecule has 0 aliphatic heterocycles. The number of carboxylic acids is 3. The van der Waals surface area contributed by atoms with Crippen LogP contribution in [0.15, 0.2) is 61.4 Å². The van der Waals surface area contributed by atoms with Gasteiger partial charge in [0.2, 0.25) is 17.6 Å². The topological polar surface area (TPSA) is 178 Å². The fourth-order valence-corrected chi connectivity index (χ4v) is 1.56. The van der Waals surface area contributed by atoms with E-state index in [1.54, 1.807) is 19.1 Å². The molecule has 0 atom stereocenters. The second-order valence-electron chi connectivity index (χ2n) is 5.14. The van der Waals surface area contributed by atoms with Gasteiger partial charge in [0, 0.05) is 31.7 Å². The molecule has 0 aliphatic carbocycles. The van der Waals surface area contributed by atoms with Crippen LogP contribution in [0.1, 0.15) is 36.9 Å². The molecule has 0 aliphatic rings. The number of nitrogens with zero attached hydrogens (tertiary/aromatic N) is 4. The van der Waals surface area contributed by atoms with Gasteiger partial charge < -0.3 is 20.5 Å². The summed E-state index contributed by atoms with van der Waals surface area (Å²) in [5, 5.41) is 35.8. The van der Waals surface area contributed by atoms with Crippen LogP contribution < -0.4 is 4.73 Å². The summed E-state index contributed by atoms with van der Waals surface area (Å²) in [6, 6.07) is 6.16. The zero-order valence-electron chi connectivity index (χ0n) is 15.6. The van der Waals surface area contributed by atoms with Crippen molar-refractivity contribution in [2.24, 2.45) is 0 Å². The van der Waals surface area contributed by atoms with Gasteiger partial charge >= 0.3 is 35.3 Å². The molecule has 3 aromatic heterocycles. The van der Waals surface area contributed by atoms with Crippen molar-refractivity contribution in [2.45, 2.75) is 6.92 Å². The van der Waals surface area contributed by atoms with Gasteiger partial charge in [-0.1, -0.05) is 0 Å². The van der Waals surface area contributed by atoms with Gasteiger partial charge in [0.05, 0.1) is 17.3 Å². The van der Waals surface area contributed by atoms with Crippen molar-refractivity contribution in [1.82, 2.24) is 15.0 Å². The van der Waals surface area contributed by atoms with Crippen LogP contribution in [0.25, 0.3) is 0 Å². The van der Waals surface area contributed by atoms with Crippen LogP contribution in [0.2, 0.25) is 0 Å². The van der Waals surface area contributed by atoms with Gasteiger partial charge in [0.25, 0.3) is 0 Å². The number of hydrogen-bond acceptors (Lipinski definition) is 7. The minimum absolute atomic E-state index is 0. The normalized spacial score (nSPS) is 8.83. The van der Waals surface area contributed by atoms with E-state index in [1.165, 1.54) is 43.1 Å². The largest absolute Gasteiger partial charge is 3.00 e. The van der Waals surface area contributed by atoms with Crippen LogP contribution in [-0.4, -0.2) is 65.5 Å². The van der Waals surface area contributed by atoms with Crippen molar-refractivity contribution in [3.05, 3.63) is 89.2 Å². The molecule has 150 valence electrons. The Labute approximate surface area is 181 Å². The number of pyridine rings is 2. The summed E-state index contributed by atoms with van der Waals surface area (Å²) >= 11 is 0. The van der Waals surface area contributed by atoms with Crippen molar-refractivity contribution in [1.29, 1.82) is 0 Å². The van der Waals surface area contributed by atoms with Crippen molar-refractivity contribution in [3.8, 4) is 0 Å². The summed E-state index contributed by atoms with van der Waals surface area (Å²) < 4.78 is 0.469. The van der Waals surface area contributed by atoms with Crippen molar-refractivity contribution in [3.63, 3.8) is 0 Å². The number of aryl methyl sites for hydroxylation is 1. The number of aromatic carboxylic acids is 3. The fraction of sp³-hybridized carbons (Fsp3) is 0.0556. The quantitative estimate of drug-likeness (QED) is 0.309. The molecule has 12 heteroatoms. The monoisotopic (exact) mass is 427 g/mol. The first-order chi connectivity index (χ1) is 13.7. The number of carbonyl (C=O) groups is 3. The number of rotatable bonds is 3. The van der Waals surface area contributed by atoms with Gasteiger partial charge in [-0.05, 0) is 24.3 Å². The predicted octanol–water partition coefficient (Wildman–Crippen LogP) is 0.900. The summed E-state index contributed by atoms with van der Waals surface area (Å²) in [6.07, 6.45) is 7.83. The Morgan fingerprint density at radius 2 is 1.33 bits per heavy atom. The molecule has 0 radical (unpaired) electrons. The molecule has 0 spiro atoms. The molecular formula is C18H16AlN4O7+3. The van der Waals surface area contributed by atoms with Crippen LogP contribution in [0, 0.1) is 12.1 Å². The van der Waals surface area contributed by atoms with Gasteiger partial charge in [0.15, 0.2) is 0 Å². The van der Waals surface area contributed by atoms with Crippen molar-refractivity contribution >= 4 is 35.3 Å². The molecule has 0 saturated heterocycles. The van der Waals surface area contributed by atoms with Gasteiger partial charge in [0.1, 0.15) is 0 Å². The molecule has 30 heavy (non-hydrogen) atoms. The Balaban J connectivity index is 0.000000416. The van der Waals surface area contributed by atoms with Crippen molar-refractivity contribution in [2.75, 3.05) is 0 Å². The Morgan fingerprint density at radius 3 is 1.60 bits per heavy atom. The molecule has 11 nitrogen and oxygen atoms in total. The third-order valence-corrected chi connectivity index (χ3v) is 3.01. The second-order valence-corrected chi connectivity index (χ2v) is 5.14. The zero-order chi connectivity index (χ0) is 21.8. The SMILES string of the molecule is Cc1cnc(C(=O)O)c[n+]1[O-].O=C(O)c1cccnc1.O=C(O)c1cccnc1.[Al+3]. The summed E-state index contributed by atoms with van der Waals surface area (Å²) in [5.74, 6) is -3.08. The average Bonchev–Trinajstić information content (AvgIpc) is 2.72. The van der Waals surface area contributed by atoms with Gasteiger partial charge in [-0.2, -0.15) is 4.73 Å². The minimum Gasteiger partial charge on any atom is -0.618 e. The smallest absolute Gasteiger partial charge is 0.618 e. The molecule has 0 aromatic carbocycles. The maximum absolute atomic E-state index is 10.8. The predicted molar refractivity (Wildman–Crippen MR) is 103 cm³/mol. The van der Waals surface area contributed by atoms with Crippen molar-refractivity contribution < 1.29 is 34.4 Å². The summed E-state index contributed by atoms with van der Waals surface area (Å²) in [5.41, 5.74) is 0.565. The maximum Gasteiger partial charge on any atom is 3.00 e. The van der Waals surface area contributed by atoms with E-state index >= 15 is 0 Å². The number of carboxylic acid groups (broad SMARTS) is 3. The molecule has 0 fully saturated rings. The van der Waals surface area contributed by atoms with E-state index in [2.05, 4.69) is 15.0 Å². The molecule has 3 aromatic rings. The third kappa shape index (κ3) is 9.36. The first-order valence-corrected chi connectivity index (χ1v) is 7.78. The van der Waals surface area contributed by atoms with E-state index in [4.69, 9.17) is 15.3 Å². The third-order valence-electron chi connectivity index (χ3n) is 3.01. The van der Waals surface area contributed by atoms with Crippen LogP contribution in [0.5, 0.6) is 0 Å².